The predicted molar refractivity (Wildman–Crippen MR) is 79.1 cm³/mol. The second-order valence-corrected chi connectivity index (χ2v) is 5.98. The number of nitrogens with zero attached hydrogens (tertiary/aromatic N) is 1. The topological polar surface area (TPSA) is 38.7 Å². The Kier molecular flexibility index (Phi) is 2.96. The third-order valence-corrected chi connectivity index (χ3v) is 4.84. The number of ether oxygens (including phenoxy) is 1. The molecule has 1 aromatic rings. The van der Waals surface area contributed by atoms with Crippen molar-refractivity contribution in [2.75, 3.05) is 0 Å². The molecule has 1 unspecified atom stereocenters. The van der Waals surface area contributed by atoms with Gasteiger partial charge in [-0.25, -0.2) is 4.79 Å². The van der Waals surface area contributed by atoms with Crippen LogP contribution in [0.5, 0.6) is 0 Å². The molecule has 20 heavy (non-hydrogen) atoms. The van der Waals surface area contributed by atoms with E-state index < -0.39 is 11.1 Å². The fourth-order valence-electron chi connectivity index (χ4n) is 3.28. The highest BCUT2D eigenvalue weighted by molar-refractivity contribution is 6.12. The molecule has 1 heterocycles. The standard InChI is InChI=1S/C17H21NO2/c1-4-17(5-2)15(19)20-16(3)11-10-12-8-6-7-9-13(12)14(16)18-17/h6-9H,4-5,10-11H2,1-3H3. The molecular weight excluding hydrogens is 250 g/mol. The van der Waals surface area contributed by atoms with Crippen LogP contribution in [-0.2, 0) is 16.0 Å². The van der Waals surface area contributed by atoms with Crippen LogP contribution in [0.2, 0.25) is 0 Å². The molecule has 0 saturated carbocycles. The summed E-state index contributed by atoms with van der Waals surface area (Å²) in [5.41, 5.74) is 2.17. The third-order valence-electron chi connectivity index (χ3n) is 4.84. The van der Waals surface area contributed by atoms with Crippen LogP contribution in [0.4, 0.5) is 0 Å². The summed E-state index contributed by atoms with van der Waals surface area (Å²) in [6, 6.07) is 8.33. The number of benzene rings is 1. The maximum atomic E-state index is 12.4. The maximum Gasteiger partial charge on any atom is 0.334 e. The normalized spacial score (nSPS) is 27.1. The van der Waals surface area contributed by atoms with Crippen molar-refractivity contribution in [2.45, 2.75) is 57.6 Å². The van der Waals surface area contributed by atoms with Gasteiger partial charge in [-0.2, -0.15) is 0 Å². The van der Waals surface area contributed by atoms with Gasteiger partial charge in [-0.3, -0.25) is 4.99 Å². The van der Waals surface area contributed by atoms with Gasteiger partial charge in [-0.05, 0) is 38.2 Å². The Morgan fingerprint density at radius 2 is 1.95 bits per heavy atom. The first-order valence-corrected chi connectivity index (χ1v) is 7.47. The summed E-state index contributed by atoms with van der Waals surface area (Å²) in [6.45, 7) is 6.01. The Morgan fingerprint density at radius 1 is 1.25 bits per heavy atom. The summed E-state index contributed by atoms with van der Waals surface area (Å²) in [5, 5.41) is 0. The summed E-state index contributed by atoms with van der Waals surface area (Å²) in [4.78, 5) is 17.3. The number of carbonyl (C=O) groups excluding carboxylic acids is 1. The number of hydrogen-bond donors (Lipinski definition) is 0. The Morgan fingerprint density at radius 3 is 2.65 bits per heavy atom. The predicted octanol–water partition coefficient (Wildman–Crippen LogP) is 3.30. The van der Waals surface area contributed by atoms with E-state index in [1.54, 1.807) is 0 Å². The van der Waals surface area contributed by atoms with Crippen LogP contribution >= 0.6 is 0 Å². The van der Waals surface area contributed by atoms with E-state index in [2.05, 4.69) is 18.2 Å². The number of esters is 1. The van der Waals surface area contributed by atoms with E-state index in [0.29, 0.717) is 12.8 Å². The molecule has 0 bridgehead atoms. The molecule has 0 fully saturated rings. The fraction of sp³-hybridized carbons (Fsp3) is 0.529. The van der Waals surface area contributed by atoms with E-state index in [9.17, 15) is 4.79 Å². The quantitative estimate of drug-likeness (QED) is 0.774. The zero-order valence-corrected chi connectivity index (χ0v) is 12.4. The average molecular weight is 271 g/mol. The van der Waals surface area contributed by atoms with E-state index in [1.807, 2.05) is 26.8 Å². The fourth-order valence-corrected chi connectivity index (χ4v) is 3.28. The molecule has 0 amide bonds. The second kappa shape index (κ2) is 4.44. The molecule has 3 rings (SSSR count). The van der Waals surface area contributed by atoms with E-state index in [-0.39, 0.29) is 5.97 Å². The van der Waals surface area contributed by atoms with Gasteiger partial charge in [0.1, 0.15) is 0 Å². The van der Waals surface area contributed by atoms with Crippen LogP contribution in [0.25, 0.3) is 0 Å². The minimum Gasteiger partial charge on any atom is -0.451 e. The van der Waals surface area contributed by atoms with Crippen molar-refractivity contribution in [3.05, 3.63) is 35.4 Å². The van der Waals surface area contributed by atoms with Crippen LogP contribution < -0.4 is 0 Å². The van der Waals surface area contributed by atoms with Gasteiger partial charge in [0.25, 0.3) is 0 Å². The maximum absolute atomic E-state index is 12.4. The molecule has 106 valence electrons. The average Bonchev–Trinajstić information content (AvgIpc) is 2.46. The smallest absolute Gasteiger partial charge is 0.334 e. The minimum atomic E-state index is -0.695. The van der Waals surface area contributed by atoms with Crippen LogP contribution in [0.3, 0.4) is 0 Å². The summed E-state index contributed by atoms with van der Waals surface area (Å²) >= 11 is 0. The first kappa shape index (κ1) is 13.3. The van der Waals surface area contributed by atoms with Crippen molar-refractivity contribution in [1.82, 2.24) is 0 Å². The Balaban J connectivity index is 2.21. The zero-order valence-electron chi connectivity index (χ0n) is 12.4. The molecule has 1 aliphatic heterocycles. The third kappa shape index (κ3) is 1.72. The van der Waals surface area contributed by atoms with Gasteiger partial charge in [0, 0.05) is 5.56 Å². The number of carbonyl (C=O) groups is 1. The van der Waals surface area contributed by atoms with Crippen molar-refractivity contribution in [3.63, 3.8) is 0 Å². The van der Waals surface area contributed by atoms with Gasteiger partial charge in [0.05, 0.1) is 5.71 Å². The second-order valence-electron chi connectivity index (χ2n) is 5.98. The van der Waals surface area contributed by atoms with E-state index in [4.69, 9.17) is 9.73 Å². The lowest BCUT2D eigenvalue weighted by molar-refractivity contribution is -0.162. The van der Waals surface area contributed by atoms with Gasteiger partial charge >= 0.3 is 5.97 Å². The highest BCUT2D eigenvalue weighted by atomic mass is 16.6. The number of aliphatic imine (C=N–C) groups is 1. The van der Waals surface area contributed by atoms with Gasteiger partial charge < -0.3 is 4.74 Å². The first-order chi connectivity index (χ1) is 9.54. The Bertz CT molecular complexity index is 586. The largest absolute Gasteiger partial charge is 0.451 e. The lowest BCUT2D eigenvalue weighted by Gasteiger charge is -2.44. The van der Waals surface area contributed by atoms with Gasteiger partial charge in [-0.1, -0.05) is 38.1 Å². The molecule has 1 aromatic carbocycles. The summed E-state index contributed by atoms with van der Waals surface area (Å²) in [6.07, 6.45) is 3.12. The van der Waals surface area contributed by atoms with Crippen LogP contribution in [0, 0.1) is 0 Å². The molecule has 2 aliphatic rings. The molecule has 3 heteroatoms. The molecule has 3 nitrogen and oxygen atoms in total. The van der Waals surface area contributed by atoms with Crippen molar-refractivity contribution in [3.8, 4) is 0 Å². The van der Waals surface area contributed by atoms with Crippen LogP contribution in [0.15, 0.2) is 29.3 Å². The van der Waals surface area contributed by atoms with Crippen LogP contribution in [-0.4, -0.2) is 22.8 Å². The highest BCUT2D eigenvalue weighted by Gasteiger charge is 2.50. The molecular formula is C17H21NO2. The van der Waals surface area contributed by atoms with Gasteiger partial charge in [-0.15, -0.1) is 0 Å². The molecule has 0 aromatic heterocycles. The molecule has 0 spiro atoms. The van der Waals surface area contributed by atoms with E-state index >= 15 is 0 Å². The Labute approximate surface area is 120 Å². The summed E-state index contributed by atoms with van der Waals surface area (Å²) < 4.78 is 5.86. The molecule has 1 atom stereocenters. The van der Waals surface area contributed by atoms with E-state index in [0.717, 1.165) is 24.1 Å². The summed E-state index contributed by atoms with van der Waals surface area (Å²) in [7, 11) is 0. The lowest BCUT2D eigenvalue weighted by atomic mass is 9.77. The molecule has 0 saturated heterocycles. The molecule has 1 aliphatic carbocycles. The molecule has 0 N–H and O–H groups in total. The minimum absolute atomic E-state index is 0.159. The number of hydrogen-bond acceptors (Lipinski definition) is 3. The van der Waals surface area contributed by atoms with Gasteiger partial charge in [0.15, 0.2) is 11.1 Å². The first-order valence-electron chi connectivity index (χ1n) is 7.47. The SMILES string of the molecule is CCC1(CC)N=C2c3ccccc3CCC2(C)OC1=O. The van der Waals surface area contributed by atoms with Gasteiger partial charge in [0.2, 0.25) is 0 Å². The van der Waals surface area contributed by atoms with Crippen molar-refractivity contribution >= 4 is 11.7 Å². The highest BCUT2D eigenvalue weighted by Crippen LogP contribution is 2.40. The lowest BCUT2D eigenvalue weighted by Crippen LogP contribution is -2.55. The monoisotopic (exact) mass is 271 g/mol. The summed E-state index contributed by atoms with van der Waals surface area (Å²) in [5.74, 6) is -0.159. The molecule has 0 radical (unpaired) electrons. The van der Waals surface area contributed by atoms with E-state index in [1.165, 1.54) is 5.56 Å². The van der Waals surface area contributed by atoms with Crippen molar-refractivity contribution < 1.29 is 9.53 Å². The number of rotatable bonds is 2. The number of aryl methyl sites for hydroxylation is 1. The van der Waals surface area contributed by atoms with Crippen molar-refractivity contribution in [1.29, 1.82) is 0 Å². The Hall–Kier alpha value is -1.64. The zero-order chi connectivity index (χ0) is 14.4. The van der Waals surface area contributed by atoms with Crippen LogP contribution in [0.1, 0.15) is 51.2 Å². The van der Waals surface area contributed by atoms with Crippen molar-refractivity contribution in [2.24, 2.45) is 4.99 Å². The number of fused-ring (bicyclic) bond motifs is 3.